The minimum absolute atomic E-state index is 0.0263. The Morgan fingerprint density at radius 1 is 1.03 bits per heavy atom. The van der Waals surface area contributed by atoms with E-state index >= 15 is 0 Å². The maximum Gasteiger partial charge on any atom is 0.254 e. The van der Waals surface area contributed by atoms with Crippen LogP contribution in [0.2, 0.25) is 5.02 Å². The molecule has 182 valence electrons. The summed E-state index contributed by atoms with van der Waals surface area (Å²) in [6.07, 6.45) is 3.29. The van der Waals surface area contributed by atoms with Crippen molar-refractivity contribution in [2.24, 2.45) is 0 Å². The number of aromatic nitrogens is 2. The highest BCUT2D eigenvalue weighted by molar-refractivity contribution is 6.34. The van der Waals surface area contributed by atoms with E-state index in [0.717, 1.165) is 37.2 Å². The normalized spacial score (nSPS) is 14.6. The highest BCUT2D eigenvalue weighted by atomic mass is 35.5. The van der Waals surface area contributed by atoms with Crippen LogP contribution in [0, 0.1) is 20.8 Å². The van der Waals surface area contributed by atoms with Crippen molar-refractivity contribution >= 4 is 23.3 Å². The van der Waals surface area contributed by atoms with E-state index in [-0.39, 0.29) is 17.6 Å². The second-order valence-electron chi connectivity index (χ2n) is 9.35. The van der Waals surface area contributed by atoms with Crippen molar-refractivity contribution < 1.29 is 9.59 Å². The van der Waals surface area contributed by atoms with Crippen LogP contribution in [0.5, 0.6) is 0 Å². The van der Waals surface area contributed by atoms with Crippen molar-refractivity contribution in [3.8, 4) is 0 Å². The predicted octanol–water partition coefficient (Wildman–Crippen LogP) is 5.05. The summed E-state index contributed by atoms with van der Waals surface area (Å²) in [7, 11) is 0. The first kappa shape index (κ1) is 25.0. The van der Waals surface area contributed by atoms with Crippen molar-refractivity contribution in [1.82, 2.24) is 20.2 Å². The van der Waals surface area contributed by atoms with Gasteiger partial charge in [0.25, 0.3) is 5.91 Å². The molecule has 0 saturated carbocycles. The number of nitrogens with one attached hydrogen (secondary N) is 1. The molecule has 3 aromatic rings. The molecule has 1 aromatic heterocycles. The number of aryl methyl sites for hydroxylation is 3. The van der Waals surface area contributed by atoms with Gasteiger partial charge >= 0.3 is 0 Å². The molecule has 1 fully saturated rings. The van der Waals surface area contributed by atoms with Gasteiger partial charge < -0.3 is 5.32 Å². The van der Waals surface area contributed by atoms with Crippen molar-refractivity contribution in [2.45, 2.75) is 46.1 Å². The molecular formula is C28H31ClN4O2. The standard InChI is InChI=1S/C28H31ClN4O2/c1-18-12-19(2)14-21(13-18)15-31-28(35)24-16-30-20(3)32-27(24)22-8-10-33(11-9-22)17-26(34)23-6-4-5-7-25(23)29/h4-7,12-14,16,22H,8-11,15,17H2,1-3H3,(H,31,35). The van der Waals surface area contributed by atoms with Crippen molar-refractivity contribution in [1.29, 1.82) is 0 Å². The van der Waals surface area contributed by atoms with Gasteiger partial charge in [0.2, 0.25) is 0 Å². The van der Waals surface area contributed by atoms with Gasteiger partial charge in [0, 0.05) is 24.2 Å². The summed E-state index contributed by atoms with van der Waals surface area (Å²) in [5, 5.41) is 3.53. The zero-order chi connectivity index (χ0) is 24.9. The van der Waals surface area contributed by atoms with Crippen LogP contribution in [0.3, 0.4) is 0 Å². The number of hydrogen-bond acceptors (Lipinski definition) is 5. The molecule has 1 saturated heterocycles. The third-order valence-corrected chi connectivity index (χ3v) is 6.76. The van der Waals surface area contributed by atoms with E-state index in [1.54, 1.807) is 18.3 Å². The van der Waals surface area contributed by atoms with Gasteiger partial charge in [0.1, 0.15) is 5.82 Å². The summed E-state index contributed by atoms with van der Waals surface area (Å²) in [5.41, 5.74) is 5.31. The van der Waals surface area contributed by atoms with E-state index < -0.39 is 0 Å². The van der Waals surface area contributed by atoms with E-state index in [1.807, 2.05) is 19.1 Å². The van der Waals surface area contributed by atoms with Gasteiger partial charge in [0.15, 0.2) is 5.78 Å². The summed E-state index contributed by atoms with van der Waals surface area (Å²) in [5.74, 6) is 0.668. The van der Waals surface area contributed by atoms with E-state index in [4.69, 9.17) is 11.6 Å². The topological polar surface area (TPSA) is 75.2 Å². The average Bonchev–Trinajstić information content (AvgIpc) is 2.82. The molecule has 2 aromatic carbocycles. The quantitative estimate of drug-likeness (QED) is 0.469. The Bertz CT molecular complexity index is 1220. The molecule has 0 radical (unpaired) electrons. The zero-order valence-corrected chi connectivity index (χ0v) is 21.2. The lowest BCUT2D eigenvalue weighted by Crippen LogP contribution is -2.37. The molecule has 0 aliphatic carbocycles. The van der Waals surface area contributed by atoms with Crippen LogP contribution in [0.15, 0.2) is 48.7 Å². The predicted molar refractivity (Wildman–Crippen MR) is 138 cm³/mol. The van der Waals surface area contributed by atoms with E-state index in [9.17, 15) is 9.59 Å². The Labute approximate surface area is 211 Å². The number of likely N-dealkylation sites (tertiary alicyclic amines) is 1. The first-order valence-electron chi connectivity index (χ1n) is 12.0. The molecule has 1 aliphatic rings. The third-order valence-electron chi connectivity index (χ3n) is 6.43. The minimum atomic E-state index is -0.157. The highest BCUT2D eigenvalue weighted by Gasteiger charge is 2.27. The summed E-state index contributed by atoms with van der Waals surface area (Å²) < 4.78 is 0. The number of amides is 1. The molecular weight excluding hydrogens is 460 g/mol. The monoisotopic (exact) mass is 490 g/mol. The van der Waals surface area contributed by atoms with Crippen molar-refractivity contribution in [3.05, 3.63) is 93.0 Å². The van der Waals surface area contributed by atoms with E-state index in [1.165, 1.54) is 11.1 Å². The molecule has 0 atom stereocenters. The molecule has 1 N–H and O–H groups in total. The fourth-order valence-corrected chi connectivity index (χ4v) is 5.00. The lowest BCUT2D eigenvalue weighted by atomic mass is 9.90. The Morgan fingerprint density at radius 2 is 1.71 bits per heavy atom. The fourth-order valence-electron chi connectivity index (χ4n) is 4.76. The number of hydrogen-bond donors (Lipinski definition) is 1. The number of benzene rings is 2. The van der Waals surface area contributed by atoms with Gasteiger partial charge in [-0.3, -0.25) is 14.5 Å². The van der Waals surface area contributed by atoms with Crippen LogP contribution < -0.4 is 5.32 Å². The van der Waals surface area contributed by atoms with Gasteiger partial charge in [-0.1, -0.05) is 53.1 Å². The number of rotatable bonds is 7. The number of piperidine rings is 1. The summed E-state index contributed by atoms with van der Waals surface area (Å²) in [4.78, 5) is 36.9. The zero-order valence-electron chi connectivity index (χ0n) is 20.5. The van der Waals surface area contributed by atoms with Crippen molar-refractivity contribution in [3.63, 3.8) is 0 Å². The number of Topliss-reactive ketones (excluding diaryl/α,β-unsaturated/α-hetero) is 1. The Balaban J connectivity index is 1.40. The van der Waals surface area contributed by atoms with Gasteiger partial charge in [-0.2, -0.15) is 0 Å². The maximum atomic E-state index is 13.1. The molecule has 0 unspecified atom stereocenters. The average molecular weight is 491 g/mol. The first-order valence-corrected chi connectivity index (χ1v) is 12.4. The van der Waals surface area contributed by atoms with Crippen molar-refractivity contribution in [2.75, 3.05) is 19.6 Å². The molecule has 1 amide bonds. The number of nitrogens with zero attached hydrogens (tertiary/aromatic N) is 3. The molecule has 7 heteroatoms. The van der Waals surface area contributed by atoms with E-state index in [2.05, 4.69) is 52.2 Å². The lowest BCUT2D eigenvalue weighted by molar-refractivity contribution is 0.0909. The van der Waals surface area contributed by atoms with Crippen LogP contribution >= 0.6 is 11.6 Å². The number of carbonyl (C=O) groups excluding carboxylic acids is 2. The largest absolute Gasteiger partial charge is 0.348 e. The second kappa shape index (κ2) is 11.1. The Morgan fingerprint density at radius 3 is 2.40 bits per heavy atom. The highest BCUT2D eigenvalue weighted by Crippen LogP contribution is 2.29. The first-order chi connectivity index (χ1) is 16.8. The molecule has 0 bridgehead atoms. The molecule has 6 nitrogen and oxygen atoms in total. The number of ketones is 1. The Kier molecular flexibility index (Phi) is 7.93. The molecule has 35 heavy (non-hydrogen) atoms. The SMILES string of the molecule is Cc1cc(C)cc(CNC(=O)c2cnc(C)nc2C2CCN(CC(=O)c3ccccc3Cl)CC2)c1. The smallest absolute Gasteiger partial charge is 0.254 e. The van der Waals surface area contributed by atoms with Crippen LogP contribution in [-0.4, -0.2) is 46.2 Å². The van der Waals surface area contributed by atoms with Crippen LogP contribution in [0.1, 0.15) is 67.7 Å². The number of carbonyl (C=O) groups is 2. The maximum absolute atomic E-state index is 13.1. The fraction of sp³-hybridized carbons (Fsp3) is 0.357. The summed E-state index contributed by atoms with van der Waals surface area (Å²) >= 11 is 6.19. The van der Waals surface area contributed by atoms with Gasteiger partial charge in [-0.15, -0.1) is 0 Å². The third kappa shape index (κ3) is 6.32. The van der Waals surface area contributed by atoms with Crippen LogP contribution in [0.4, 0.5) is 0 Å². The van der Waals surface area contributed by atoms with Gasteiger partial charge in [-0.05, 0) is 64.4 Å². The second-order valence-corrected chi connectivity index (χ2v) is 9.76. The molecule has 4 rings (SSSR count). The minimum Gasteiger partial charge on any atom is -0.348 e. The summed E-state index contributed by atoms with van der Waals surface area (Å²) in [6, 6.07) is 13.4. The summed E-state index contributed by atoms with van der Waals surface area (Å²) in [6.45, 7) is 8.26. The van der Waals surface area contributed by atoms with Crippen LogP contribution in [0.25, 0.3) is 0 Å². The number of halogens is 1. The van der Waals surface area contributed by atoms with E-state index in [0.29, 0.717) is 35.1 Å². The van der Waals surface area contributed by atoms with Gasteiger partial charge in [-0.25, -0.2) is 9.97 Å². The Hall–Kier alpha value is -3.09. The molecule has 0 spiro atoms. The molecule has 2 heterocycles. The molecule has 1 aliphatic heterocycles. The lowest BCUT2D eigenvalue weighted by Gasteiger charge is -2.31. The van der Waals surface area contributed by atoms with Crippen LogP contribution in [-0.2, 0) is 6.54 Å². The van der Waals surface area contributed by atoms with Gasteiger partial charge in [0.05, 0.1) is 22.8 Å².